The normalized spacial score (nSPS) is 28.0. The Labute approximate surface area is 237 Å². The van der Waals surface area contributed by atoms with Gasteiger partial charge in [-0.1, -0.05) is 48.9 Å². The van der Waals surface area contributed by atoms with Crippen LogP contribution in [0.1, 0.15) is 53.2 Å². The summed E-state index contributed by atoms with van der Waals surface area (Å²) in [5, 5.41) is 6.68. The summed E-state index contributed by atoms with van der Waals surface area (Å²) in [4.78, 5) is 46.1. The molecule has 2 spiro atoms. The van der Waals surface area contributed by atoms with Crippen LogP contribution in [0.2, 0.25) is 5.02 Å². The highest BCUT2D eigenvalue weighted by atomic mass is 35.5. The van der Waals surface area contributed by atoms with Gasteiger partial charge in [-0.15, -0.1) is 0 Å². The van der Waals surface area contributed by atoms with Gasteiger partial charge in [0.05, 0.1) is 12.5 Å². The minimum absolute atomic E-state index is 0.164. The van der Waals surface area contributed by atoms with Gasteiger partial charge in [-0.25, -0.2) is 0 Å². The molecule has 2 saturated heterocycles. The average molecular weight is 556 g/mol. The summed E-state index contributed by atoms with van der Waals surface area (Å²) in [7, 11) is 0. The van der Waals surface area contributed by atoms with Crippen molar-refractivity contribution in [3.05, 3.63) is 87.9 Å². The van der Waals surface area contributed by atoms with E-state index in [0.717, 1.165) is 18.4 Å². The van der Waals surface area contributed by atoms with Crippen molar-refractivity contribution < 1.29 is 19.1 Å². The Morgan fingerprint density at radius 3 is 2.70 bits per heavy atom. The molecule has 4 aliphatic rings. The molecule has 204 valence electrons. The molecule has 4 atom stereocenters. The maximum absolute atomic E-state index is 14.8. The zero-order valence-electron chi connectivity index (χ0n) is 22.4. The van der Waals surface area contributed by atoms with E-state index < -0.39 is 16.9 Å². The number of hydrogen-bond acceptors (Lipinski definition) is 5. The predicted molar refractivity (Wildman–Crippen MR) is 153 cm³/mol. The second-order valence-corrected chi connectivity index (χ2v) is 11.7. The first-order valence-corrected chi connectivity index (χ1v) is 14.3. The van der Waals surface area contributed by atoms with Crippen LogP contribution in [-0.4, -0.2) is 41.7 Å². The zero-order chi connectivity index (χ0) is 27.8. The summed E-state index contributed by atoms with van der Waals surface area (Å²) < 4.78 is 5.85. The van der Waals surface area contributed by atoms with Crippen LogP contribution < -0.4 is 15.4 Å². The first-order chi connectivity index (χ1) is 19.3. The number of aryl methyl sites for hydroxylation is 1. The van der Waals surface area contributed by atoms with Crippen molar-refractivity contribution in [2.24, 2.45) is 5.92 Å². The number of Topliss-reactive ketones (excluding diaryl/α,β-unsaturated/α-hetero) is 1. The number of anilines is 2. The molecule has 0 saturated carbocycles. The third-order valence-electron chi connectivity index (χ3n) is 9.24. The maximum Gasteiger partial charge on any atom is 0.251 e. The van der Waals surface area contributed by atoms with Crippen LogP contribution in [0, 0.1) is 12.8 Å². The molecule has 4 aliphatic heterocycles. The molecule has 3 aromatic rings. The number of benzene rings is 3. The first-order valence-electron chi connectivity index (χ1n) is 13.9. The molecule has 0 aliphatic carbocycles. The highest BCUT2D eigenvalue weighted by Crippen LogP contribution is 2.68. The fraction of sp³-hybridized carbons (Fsp3) is 0.344. The number of nitrogens with one attached hydrogen (secondary N) is 2. The van der Waals surface area contributed by atoms with E-state index in [1.54, 1.807) is 18.2 Å². The van der Waals surface area contributed by atoms with E-state index in [-0.39, 0.29) is 23.6 Å². The Kier molecular flexibility index (Phi) is 5.64. The van der Waals surface area contributed by atoms with E-state index in [0.29, 0.717) is 58.4 Å². The van der Waals surface area contributed by atoms with Gasteiger partial charge < -0.3 is 15.4 Å². The number of carbonyl (C=O) groups excluding carboxylic acids is 3. The number of para-hydroxylation sites is 1. The van der Waals surface area contributed by atoms with Crippen LogP contribution in [-0.2, 0) is 20.5 Å². The monoisotopic (exact) mass is 555 g/mol. The Balaban J connectivity index is 1.53. The fourth-order valence-corrected chi connectivity index (χ4v) is 8.22. The number of halogens is 1. The van der Waals surface area contributed by atoms with Gasteiger partial charge in [0.1, 0.15) is 16.7 Å². The number of rotatable bonds is 5. The molecular formula is C32H30ClN3O4. The standard InChI is InChI=1S/C32H30ClN3O4/c1-3-14-40-21-9-6-8-19(16-21)28(37)26-25-12-7-13-36(25)32(23-17-20(33)15-18(2)27(23)35-30(32)39)31(26)22-10-4-5-11-24(22)34-29(31)38/h4-6,8-11,15-17,25-26H,3,7,12-14H2,1-2H3,(H,34,38)(H,35,39). The smallest absolute Gasteiger partial charge is 0.251 e. The summed E-state index contributed by atoms with van der Waals surface area (Å²) in [6, 6.07) is 18.0. The SMILES string of the molecule is CCCOc1cccc(C(=O)C2C3CCCN3C3(C(=O)Nc4c(C)cc(Cl)cc43)C23C(=O)Nc2ccccc23)c1. The first kappa shape index (κ1) is 25.3. The largest absolute Gasteiger partial charge is 0.494 e. The van der Waals surface area contributed by atoms with Crippen molar-refractivity contribution in [2.45, 2.75) is 50.1 Å². The summed E-state index contributed by atoms with van der Waals surface area (Å²) >= 11 is 6.63. The van der Waals surface area contributed by atoms with Crippen LogP contribution in [0.3, 0.4) is 0 Å². The van der Waals surface area contributed by atoms with Gasteiger partial charge in [0.15, 0.2) is 5.78 Å². The number of fused-ring (bicyclic) bond motifs is 7. The average Bonchev–Trinajstić information content (AvgIpc) is 3.66. The van der Waals surface area contributed by atoms with Crippen molar-refractivity contribution in [3.63, 3.8) is 0 Å². The van der Waals surface area contributed by atoms with Crippen molar-refractivity contribution in [1.82, 2.24) is 4.90 Å². The van der Waals surface area contributed by atoms with E-state index in [2.05, 4.69) is 15.5 Å². The summed E-state index contributed by atoms with van der Waals surface area (Å²) in [6.45, 7) is 5.06. The van der Waals surface area contributed by atoms with Crippen molar-refractivity contribution in [3.8, 4) is 5.75 Å². The molecule has 4 heterocycles. The lowest BCUT2D eigenvalue weighted by molar-refractivity contribution is -0.137. The van der Waals surface area contributed by atoms with Gasteiger partial charge in [0, 0.05) is 33.6 Å². The molecule has 8 heteroatoms. The van der Waals surface area contributed by atoms with Gasteiger partial charge in [-0.05, 0) is 74.2 Å². The number of nitrogens with zero attached hydrogens (tertiary/aromatic N) is 1. The lowest BCUT2D eigenvalue weighted by Crippen LogP contribution is -2.62. The van der Waals surface area contributed by atoms with Crippen molar-refractivity contribution >= 4 is 40.6 Å². The summed E-state index contributed by atoms with van der Waals surface area (Å²) in [5.41, 5.74) is 0.986. The highest BCUT2D eigenvalue weighted by Gasteiger charge is 2.81. The van der Waals surface area contributed by atoms with Gasteiger partial charge in [0.25, 0.3) is 5.91 Å². The number of amides is 2. The molecular weight excluding hydrogens is 526 g/mol. The van der Waals surface area contributed by atoms with Gasteiger partial charge in [-0.3, -0.25) is 19.3 Å². The number of hydrogen-bond donors (Lipinski definition) is 2. The molecule has 4 unspecified atom stereocenters. The van der Waals surface area contributed by atoms with Gasteiger partial charge in [-0.2, -0.15) is 0 Å². The zero-order valence-corrected chi connectivity index (χ0v) is 23.2. The Morgan fingerprint density at radius 2 is 1.88 bits per heavy atom. The summed E-state index contributed by atoms with van der Waals surface area (Å²) in [6.07, 6.45) is 2.36. The molecule has 2 N–H and O–H groups in total. The summed E-state index contributed by atoms with van der Waals surface area (Å²) in [5.74, 6) is -0.985. The molecule has 0 bridgehead atoms. The second kappa shape index (κ2) is 8.91. The predicted octanol–water partition coefficient (Wildman–Crippen LogP) is 5.45. The number of ether oxygens (including phenoxy) is 1. The highest BCUT2D eigenvalue weighted by molar-refractivity contribution is 6.31. The number of carbonyl (C=O) groups is 3. The van der Waals surface area contributed by atoms with Crippen LogP contribution in [0.4, 0.5) is 11.4 Å². The second-order valence-electron chi connectivity index (χ2n) is 11.2. The van der Waals surface area contributed by atoms with E-state index in [1.807, 2.05) is 56.3 Å². The third-order valence-corrected chi connectivity index (χ3v) is 9.46. The van der Waals surface area contributed by atoms with E-state index in [9.17, 15) is 14.4 Å². The van der Waals surface area contributed by atoms with Crippen LogP contribution >= 0.6 is 11.6 Å². The van der Waals surface area contributed by atoms with Crippen LogP contribution in [0.5, 0.6) is 5.75 Å². The van der Waals surface area contributed by atoms with Crippen LogP contribution in [0.25, 0.3) is 0 Å². The Bertz CT molecular complexity index is 1600. The Morgan fingerprint density at radius 1 is 1.05 bits per heavy atom. The molecule has 3 aromatic carbocycles. The Hall–Kier alpha value is -3.68. The molecule has 2 amide bonds. The molecule has 7 rings (SSSR count). The van der Waals surface area contributed by atoms with Gasteiger partial charge in [0.2, 0.25) is 5.91 Å². The molecule has 0 radical (unpaired) electrons. The van der Waals surface area contributed by atoms with Crippen molar-refractivity contribution in [1.29, 1.82) is 0 Å². The van der Waals surface area contributed by atoms with E-state index in [4.69, 9.17) is 16.3 Å². The minimum Gasteiger partial charge on any atom is -0.494 e. The fourth-order valence-electron chi connectivity index (χ4n) is 7.95. The van der Waals surface area contributed by atoms with Crippen molar-refractivity contribution in [2.75, 3.05) is 23.8 Å². The number of ketones is 1. The van der Waals surface area contributed by atoms with E-state index >= 15 is 0 Å². The minimum atomic E-state index is -1.50. The third kappa shape index (κ3) is 3.02. The maximum atomic E-state index is 14.8. The lowest BCUT2D eigenvalue weighted by atomic mass is 9.57. The molecule has 0 aromatic heterocycles. The van der Waals surface area contributed by atoms with Crippen LogP contribution in [0.15, 0.2) is 60.7 Å². The topological polar surface area (TPSA) is 87.7 Å². The molecule has 40 heavy (non-hydrogen) atoms. The molecule has 7 nitrogen and oxygen atoms in total. The molecule has 2 fully saturated rings. The lowest BCUT2D eigenvalue weighted by Gasteiger charge is -2.43. The van der Waals surface area contributed by atoms with Gasteiger partial charge >= 0.3 is 0 Å². The quantitative estimate of drug-likeness (QED) is 0.409. The van der Waals surface area contributed by atoms with E-state index in [1.165, 1.54) is 0 Å².